The fraction of sp³-hybridized carbons (Fsp3) is 0.467. The van der Waals surface area contributed by atoms with Gasteiger partial charge in [-0.3, -0.25) is 14.2 Å². The Kier molecular flexibility index (Phi) is 7.10. The standard InChI is InChI=1S/C30H35N5O3S/c1-19(36)32-24-8-9-26(38-2)23(13-24)17-31-27(37)18-39-29-34-33-28(35(29)25-6-4-3-5-7-25)30-14-20-10-21(15-30)12-22(11-20)16-30/h3-9,13,20-22H,10-12,14-18H2,1-2H3,(H,31,37)(H,32,36). The predicted octanol–water partition coefficient (Wildman–Crippen LogP) is 5.11. The van der Waals surface area contributed by atoms with Crippen molar-refractivity contribution in [3.8, 4) is 11.4 Å². The van der Waals surface area contributed by atoms with Gasteiger partial charge in [-0.2, -0.15) is 0 Å². The molecule has 2 aromatic carbocycles. The zero-order valence-electron chi connectivity index (χ0n) is 22.5. The van der Waals surface area contributed by atoms with Crippen LogP contribution in [0.4, 0.5) is 5.69 Å². The Morgan fingerprint density at radius 2 is 1.72 bits per heavy atom. The summed E-state index contributed by atoms with van der Waals surface area (Å²) in [6.45, 7) is 1.76. The number of anilines is 1. The molecule has 1 heterocycles. The molecule has 0 unspecified atom stereocenters. The van der Waals surface area contributed by atoms with E-state index in [0.717, 1.165) is 40.0 Å². The number of para-hydroxylation sites is 1. The van der Waals surface area contributed by atoms with Crippen molar-refractivity contribution >= 4 is 29.3 Å². The molecule has 0 atom stereocenters. The number of carbonyl (C=O) groups excluding carboxylic acids is 2. The van der Waals surface area contributed by atoms with E-state index in [-0.39, 0.29) is 23.0 Å². The highest BCUT2D eigenvalue weighted by Crippen LogP contribution is 2.60. The molecule has 1 aromatic heterocycles. The van der Waals surface area contributed by atoms with Crippen molar-refractivity contribution in [2.75, 3.05) is 18.2 Å². The Labute approximate surface area is 233 Å². The zero-order valence-corrected chi connectivity index (χ0v) is 23.3. The third kappa shape index (κ3) is 5.29. The molecule has 9 heteroatoms. The van der Waals surface area contributed by atoms with E-state index in [0.29, 0.717) is 18.0 Å². The third-order valence-electron chi connectivity index (χ3n) is 8.57. The zero-order chi connectivity index (χ0) is 27.0. The molecule has 39 heavy (non-hydrogen) atoms. The Hall–Kier alpha value is -3.33. The van der Waals surface area contributed by atoms with Crippen LogP contribution in [0, 0.1) is 17.8 Å². The second-order valence-electron chi connectivity index (χ2n) is 11.4. The number of nitrogens with one attached hydrogen (secondary N) is 2. The molecule has 4 saturated carbocycles. The first-order chi connectivity index (χ1) is 18.9. The van der Waals surface area contributed by atoms with Gasteiger partial charge >= 0.3 is 0 Å². The van der Waals surface area contributed by atoms with E-state index in [9.17, 15) is 9.59 Å². The highest BCUT2D eigenvalue weighted by molar-refractivity contribution is 7.99. The first-order valence-corrected chi connectivity index (χ1v) is 14.8. The van der Waals surface area contributed by atoms with Gasteiger partial charge in [-0.05, 0) is 86.6 Å². The minimum absolute atomic E-state index is 0.0914. The number of methoxy groups -OCH3 is 1. The van der Waals surface area contributed by atoms with Gasteiger partial charge in [0.1, 0.15) is 11.6 Å². The fourth-order valence-corrected chi connectivity index (χ4v) is 8.26. The molecule has 0 aliphatic heterocycles. The number of hydrogen-bond acceptors (Lipinski definition) is 6. The quantitative estimate of drug-likeness (QED) is 0.363. The SMILES string of the molecule is COc1ccc(NC(C)=O)cc1CNC(=O)CSc1nnc(C23CC4CC(CC(C4)C2)C3)n1-c1ccccc1. The van der Waals surface area contributed by atoms with Gasteiger partial charge < -0.3 is 15.4 Å². The minimum atomic E-state index is -0.151. The number of nitrogens with zero attached hydrogens (tertiary/aromatic N) is 3. The predicted molar refractivity (Wildman–Crippen MR) is 151 cm³/mol. The van der Waals surface area contributed by atoms with Crippen molar-refractivity contribution in [2.45, 2.75) is 62.6 Å². The van der Waals surface area contributed by atoms with Crippen molar-refractivity contribution < 1.29 is 14.3 Å². The molecule has 0 radical (unpaired) electrons. The Morgan fingerprint density at radius 3 is 2.36 bits per heavy atom. The monoisotopic (exact) mass is 545 g/mol. The van der Waals surface area contributed by atoms with Gasteiger partial charge in [0.15, 0.2) is 5.16 Å². The van der Waals surface area contributed by atoms with Crippen LogP contribution in [0.25, 0.3) is 5.69 Å². The normalized spacial score (nSPS) is 24.9. The van der Waals surface area contributed by atoms with Gasteiger partial charge in [-0.25, -0.2) is 0 Å². The van der Waals surface area contributed by atoms with Crippen LogP contribution in [0.5, 0.6) is 5.75 Å². The van der Waals surface area contributed by atoms with Gasteiger partial charge in [0.2, 0.25) is 11.8 Å². The van der Waals surface area contributed by atoms with Gasteiger partial charge in [-0.15, -0.1) is 10.2 Å². The van der Waals surface area contributed by atoms with Gasteiger partial charge in [0.25, 0.3) is 0 Å². The van der Waals surface area contributed by atoms with Crippen molar-refractivity contribution in [3.05, 3.63) is 59.9 Å². The summed E-state index contributed by atoms with van der Waals surface area (Å²) < 4.78 is 7.66. The summed E-state index contributed by atoms with van der Waals surface area (Å²) >= 11 is 1.42. The highest BCUT2D eigenvalue weighted by atomic mass is 32.2. The number of ether oxygens (including phenoxy) is 1. The molecule has 7 rings (SSSR count). The highest BCUT2D eigenvalue weighted by Gasteiger charge is 2.54. The molecule has 2 amide bonds. The van der Waals surface area contributed by atoms with Gasteiger partial charge in [0.05, 0.1) is 12.9 Å². The summed E-state index contributed by atoms with van der Waals surface area (Å²) in [7, 11) is 1.59. The van der Waals surface area contributed by atoms with Crippen LogP contribution >= 0.6 is 11.8 Å². The van der Waals surface area contributed by atoms with Crippen molar-refractivity contribution in [3.63, 3.8) is 0 Å². The summed E-state index contributed by atoms with van der Waals surface area (Å²) in [5.74, 6) is 4.12. The average Bonchev–Trinajstić information content (AvgIpc) is 3.35. The summed E-state index contributed by atoms with van der Waals surface area (Å²) in [6, 6.07) is 15.7. The number of amides is 2. The van der Waals surface area contributed by atoms with E-state index in [1.165, 1.54) is 57.2 Å². The van der Waals surface area contributed by atoms with E-state index >= 15 is 0 Å². The number of thioether (sulfide) groups is 1. The molecule has 4 fully saturated rings. The first-order valence-electron chi connectivity index (χ1n) is 13.8. The summed E-state index contributed by atoms with van der Waals surface area (Å²) in [6.07, 6.45) is 7.73. The number of aromatic nitrogens is 3. The van der Waals surface area contributed by atoms with Crippen LogP contribution in [0.3, 0.4) is 0 Å². The second kappa shape index (κ2) is 10.7. The van der Waals surface area contributed by atoms with E-state index in [1.807, 2.05) is 24.3 Å². The summed E-state index contributed by atoms with van der Waals surface area (Å²) in [5.41, 5.74) is 2.60. The van der Waals surface area contributed by atoms with E-state index in [2.05, 4.69) is 32.4 Å². The molecule has 3 aromatic rings. The molecule has 0 saturated heterocycles. The molecule has 8 nitrogen and oxygen atoms in total. The van der Waals surface area contributed by atoms with Gasteiger partial charge in [-0.1, -0.05) is 30.0 Å². The Balaban J connectivity index is 1.19. The molecule has 204 valence electrons. The molecular weight excluding hydrogens is 510 g/mol. The Bertz CT molecular complexity index is 1340. The van der Waals surface area contributed by atoms with E-state index in [4.69, 9.17) is 9.84 Å². The van der Waals surface area contributed by atoms with E-state index in [1.54, 1.807) is 19.2 Å². The molecule has 0 spiro atoms. The number of carbonyl (C=O) groups is 2. The minimum Gasteiger partial charge on any atom is -0.496 e. The topological polar surface area (TPSA) is 98.1 Å². The van der Waals surface area contributed by atoms with Crippen LogP contribution in [0.1, 0.15) is 56.8 Å². The fourth-order valence-electron chi connectivity index (χ4n) is 7.47. The second-order valence-corrected chi connectivity index (χ2v) is 12.4. The first kappa shape index (κ1) is 25.9. The maximum Gasteiger partial charge on any atom is 0.230 e. The van der Waals surface area contributed by atoms with E-state index < -0.39 is 0 Å². The Morgan fingerprint density at radius 1 is 1.03 bits per heavy atom. The van der Waals surface area contributed by atoms with Crippen LogP contribution in [-0.4, -0.2) is 39.4 Å². The molecule has 4 aliphatic rings. The molecule has 2 N–H and O–H groups in total. The summed E-state index contributed by atoms with van der Waals surface area (Å²) in [4.78, 5) is 24.4. The lowest BCUT2D eigenvalue weighted by Crippen LogP contribution is -2.49. The number of rotatable bonds is 9. The van der Waals surface area contributed by atoms with Crippen LogP contribution in [0.15, 0.2) is 53.7 Å². The lowest BCUT2D eigenvalue weighted by atomic mass is 9.49. The lowest BCUT2D eigenvalue weighted by molar-refractivity contribution is -0.118. The van der Waals surface area contributed by atoms with Crippen molar-refractivity contribution in [2.24, 2.45) is 17.8 Å². The summed E-state index contributed by atoms with van der Waals surface area (Å²) in [5, 5.41) is 16.0. The van der Waals surface area contributed by atoms with Gasteiger partial charge in [0, 0.05) is 35.8 Å². The van der Waals surface area contributed by atoms with Crippen LogP contribution in [0.2, 0.25) is 0 Å². The maximum atomic E-state index is 12.9. The van der Waals surface area contributed by atoms with Crippen LogP contribution < -0.4 is 15.4 Å². The average molecular weight is 546 g/mol. The van der Waals surface area contributed by atoms with Crippen molar-refractivity contribution in [1.29, 1.82) is 0 Å². The van der Waals surface area contributed by atoms with Crippen LogP contribution in [-0.2, 0) is 21.5 Å². The molecule has 4 aliphatic carbocycles. The number of hydrogen-bond donors (Lipinski definition) is 2. The number of benzene rings is 2. The largest absolute Gasteiger partial charge is 0.496 e. The lowest BCUT2D eigenvalue weighted by Gasteiger charge is -2.56. The third-order valence-corrected chi connectivity index (χ3v) is 9.50. The maximum absolute atomic E-state index is 12.9. The van der Waals surface area contributed by atoms with Crippen molar-refractivity contribution in [1.82, 2.24) is 20.1 Å². The smallest absolute Gasteiger partial charge is 0.230 e. The molecular formula is C30H35N5O3S. The molecule has 4 bridgehead atoms.